The summed E-state index contributed by atoms with van der Waals surface area (Å²) in [6.07, 6.45) is 1.75. The van der Waals surface area contributed by atoms with E-state index in [1.54, 1.807) is 23.0 Å². The van der Waals surface area contributed by atoms with Gasteiger partial charge < -0.3 is 5.32 Å². The quantitative estimate of drug-likeness (QED) is 0.420. The van der Waals surface area contributed by atoms with Crippen molar-refractivity contribution in [3.63, 3.8) is 0 Å². The van der Waals surface area contributed by atoms with Gasteiger partial charge in [-0.1, -0.05) is 36.4 Å². The Hall–Kier alpha value is -4.59. The molecule has 0 fully saturated rings. The Labute approximate surface area is 196 Å². The standard InChI is InChI=1S/C26H23N7O/c1-17-14-18(2)29-26(28-17)33-24(15-19(3)31-33)30-25(34)21-10-7-11-22(16-21)32-23(12-13-27-32)20-8-5-4-6-9-20/h4-16H,1-3H3,(H,30,34). The summed E-state index contributed by atoms with van der Waals surface area (Å²) in [7, 11) is 0. The Morgan fingerprint density at radius 3 is 2.32 bits per heavy atom. The van der Waals surface area contributed by atoms with Gasteiger partial charge in [-0.2, -0.15) is 14.9 Å². The summed E-state index contributed by atoms with van der Waals surface area (Å²) in [5.74, 6) is 0.654. The lowest BCUT2D eigenvalue weighted by Gasteiger charge is -2.11. The minimum Gasteiger partial charge on any atom is -0.306 e. The first-order valence-electron chi connectivity index (χ1n) is 10.9. The molecule has 3 heterocycles. The number of hydrogen-bond acceptors (Lipinski definition) is 5. The van der Waals surface area contributed by atoms with Crippen LogP contribution in [0.1, 0.15) is 27.4 Å². The highest BCUT2D eigenvalue weighted by Crippen LogP contribution is 2.23. The molecule has 0 atom stereocenters. The van der Waals surface area contributed by atoms with E-state index in [0.29, 0.717) is 17.3 Å². The van der Waals surface area contributed by atoms with E-state index in [-0.39, 0.29) is 5.91 Å². The molecule has 0 unspecified atom stereocenters. The Morgan fingerprint density at radius 2 is 1.56 bits per heavy atom. The molecule has 2 aromatic carbocycles. The van der Waals surface area contributed by atoms with E-state index < -0.39 is 0 Å². The number of carbonyl (C=O) groups excluding carboxylic acids is 1. The van der Waals surface area contributed by atoms with Crippen LogP contribution in [0.3, 0.4) is 0 Å². The van der Waals surface area contributed by atoms with E-state index in [0.717, 1.165) is 34.0 Å². The molecular formula is C26H23N7O. The van der Waals surface area contributed by atoms with Gasteiger partial charge in [0.05, 0.1) is 23.3 Å². The average molecular weight is 450 g/mol. The molecule has 0 saturated carbocycles. The smallest absolute Gasteiger partial charge is 0.256 e. The molecule has 0 saturated heterocycles. The zero-order valence-corrected chi connectivity index (χ0v) is 19.1. The molecule has 0 aliphatic heterocycles. The van der Waals surface area contributed by atoms with Crippen molar-refractivity contribution in [3.05, 3.63) is 102 Å². The molecular weight excluding hydrogens is 426 g/mol. The SMILES string of the molecule is Cc1cc(C)nc(-n2nc(C)cc2NC(=O)c2cccc(-n3nccc3-c3ccccc3)c2)n1. The fraction of sp³-hybridized carbons (Fsp3) is 0.115. The van der Waals surface area contributed by atoms with Gasteiger partial charge in [-0.3, -0.25) is 4.79 Å². The number of benzene rings is 2. The lowest BCUT2D eigenvalue weighted by Crippen LogP contribution is -2.17. The van der Waals surface area contributed by atoms with Gasteiger partial charge in [0, 0.05) is 28.6 Å². The average Bonchev–Trinajstić information content (AvgIpc) is 3.46. The van der Waals surface area contributed by atoms with Crippen molar-refractivity contribution in [1.29, 1.82) is 0 Å². The molecule has 0 spiro atoms. The van der Waals surface area contributed by atoms with Crippen LogP contribution >= 0.6 is 0 Å². The topological polar surface area (TPSA) is 90.5 Å². The van der Waals surface area contributed by atoms with Gasteiger partial charge in [-0.15, -0.1) is 0 Å². The largest absolute Gasteiger partial charge is 0.306 e. The molecule has 5 rings (SSSR count). The van der Waals surface area contributed by atoms with Crippen LogP contribution in [0.2, 0.25) is 0 Å². The first kappa shape index (κ1) is 21.3. The van der Waals surface area contributed by atoms with Gasteiger partial charge in [0.1, 0.15) is 5.82 Å². The van der Waals surface area contributed by atoms with Gasteiger partial charge >= 0.3 is 0 Å². The molecule has 0 bridgehead atoms. The molecule has 1 amide bonds. The fourth-order valence-electron chi connectivity index (χ4n) is 3.85. The van der Waals surface area contributed by atoms with E-state index >= 15 is 0 Å². The highest BCUT2D eigenvalue weighted by atomic mass is 16.1. The first-order valence-corrected chi connectivity index (χ1v) is 10.9. The zero-order valence-electron chi connectivity index (χ0n) is 19.1. The number of nitrogens with zero attached hydrogens (tertiary/aromatic N) is 6. The number of aromatic nitrogens is 6. The number of anilines is 1. The van der Waals surface area contributed by atoms with E-state index in [1.807, 2.05) is 86.1 Å². The maximum atomic E-state index is 13.2. The zero-order chi connectivity index (χ0) is 23.7. The van der Waals surface area contributed by atoms with Gasteiger partial charge in [-0.25, -0.2) is 14.6 Å². The highest BCUT2D eigenvalue weighted by Gasteiger charge is 2.16. The second kappa shape index (κ2) is 8.74. The molecule has 0 radical (unpaired) electrons. The summed E-state index contributed by atoms with van der Waals surface area (Å²) < 4.78 is 3.38. The van der Waals surface area contributed by atoms with Crippen molar-refractivity contribution in [2.75, 3.05) is 5.32 Å². The fourth-order valence-corrected chi connectivity index (χ4v) is 3.85. The summed E-state index contributed by atoms with van der Waals surface area (Å²) in [6, 6.07) is 23.0. The van der Waals surface area contributed by atoms with E-state index in [9.17, 15) is 4.79 Å². The predicted molar refractivity (Wildman–Crippen MR) is 130 cm³/mol. The van der Waals surface area contributed by atoms with Crippen LogP contribution in [0.5, 0.6) is 0 Å². The lowest BCUT2D eigenvalue weighted by atomic mass is 10.1. The van der Waals surface area contributed by atoms with E-state index in [2.05, 4.69) is 25.5 Å². The summed E-state index contributed by atoms with van der Waals surface area (Å²) in [5.41, 5.74) is 5.68. The third-order valence-corrected chi connectivity index (χ3v) is 5.30. The maximum Gasteiger partial charge on any atom is 0.256 e. The van der Waals surface area contributed by atoms with Crippen molar-refractivity contribution in [2.45, 2.75) is 20.8 Å². The molecule has 168 valence electrons. The van der Waals surface area contributed by atoms with Crippen LogP contribution in [-0.4, -0.2) is 35.4 Å². The number of nitrogens with one attached hydrogen (secondary N) is 1. The van der Waals surface area contributed by atoms with E-state index in [4.69, 9.17) is 0 Å². The summed E-state index contributed by atoms with van der Waals surface area (Å²) >= 11 is 0. The third-order valence-electron chi connectivity index (χ3n) is 5.30. The van der Waals surface area contributed by atoms with Gasteiger partial charge in [0.25, 0.3) is 11.9 Å². The number of amides is 1. The first-order chi connectivity index (χ1) is 16.5. The van der Waals surface area contributed by atoms with Crippen molar-refractivity contribution in [1.82, 2.24) is 29.5 Å². The van der Waals surface area contributed by atoms with Crippen LogP contribution < -0.4 is 5.32 Å². The molecule has 5 aromatic rings. The Kier molecular flexibility index (Phi) is 5.47. The summed E-state index contributed by atoms with van der Waals surface area (Å²) in [6.45, 7) is 5.66. The molecule has 0 aliphatic rings. The van der Waals surface area contributed by atoms with Crippen molar-refractivity contribution in [3.8, 4) is 22.9 Å². The molecule has 8 nitrogen and oxygen atoms in total. The van der Waals surface area contributed by atoms with Crippen LogP contribution in [-0.2, 0) is 0 Å². The van der Waals surface area contributed by atoms with Gasteiger partial charge in [0.15, 0.2) is 0 Å². The number of rotatable bonds is 5. The molecule has 1 N–H and O–H groups in total. The summed E-state index contributed by atoms with van der Waals surface area (Å²) in [4.78, 5) is 22.1. The Balaban J connectivity index is 1.45. The molecule has 8 heteroatoms. The molecule has 3 aromatic heterocycles. The van der Waals surface area contributed by atoms with E-state index in [1.165, 1.54) is 0 Å². The van der Waals surface area contributed by atoms with Gasteiger partial charge in [0.2, 0.25) is 0 Å². The normalized spacial score (nSPS) is 10.9. The predicted octanol–water partition coefficient (Wildman–Crippen LogP) is 4.69. The molecule has 34 heavy (non-hydrogen) atoms. The number of aryl methyl sites for hydroxylation is 3. The van der Waals surface area contributed by atoms with Crippen molar-refractivity contribution >= 4 is 11.7 Å². The lowest BCUT2D eigenvalue weighted by molar-refractivity contribution is 0.102. The van der Waals surface area contributed by atoms with Crippen LogP contribution in [0, 0.1) is 20.8 Å². The third kappa shape index (κ3) is 4.21. The minimum atomic E-state index is -0.263. The molecule has 0 aliphatic carbocycles. The highest BCUT2D eigenvalue weighted by molar-refractivity contribution is 6.04. The van der Waals surface area contributed by atoms with Crippen molar-refractivity contribution in [2.24, 2.45) is 0 Å². The number of carbonyl (C=O) groups is 1. The maximum absolute atomic E-state index is 13.2. The summed E-state index contributed by atoms with van der Waals surface area (Å²) in [5, 5.41) is 11.9. The minimum absolute atomic E-state index is 0.263. The van der Waals surface area contributed by atoms with Crippen LogP contribution in [0.25, 0.3) is 22.9 Å². The van der Waals surface area contributed by atoms with Gasteiger partial charge in [-0.05, 0) is 51.1 Å². The Bertz CT molecular complexity index is 1460. The Morgan fingerprint density at radius 1 is 0.794 bits per heavy atom. The van der Waals surface area contributed by atoms with Crippen LogP contribution in [0.15, 0.2) is 79.0 Å². The second-order valence-electron chi connectivity index (χ2n) is 8.03. The van der Waals surface area contributed by atoms with Crippen molar-refractivity contribution < 1.29 is 4.79 Å². The number of hydrogen-bond donors (Lipinski definition) is 1. The monoisotopic (exact) mass is 449 g/mol. The second-order valence-corrected chi connectivity index (χ2v) is 8.03. The van der Waals surface area contributed by atoms with Crippen LogP contribution in [0.4, 0.5) is 5.82 Å².